The van der Waals surface area contributed by atoms with Gasteiger partial charge in [-0.25, -0.2) is 0 Å². The summed E-state index contributed by atoms with van der Waals surface area (Å²) in [6, 6.07) is 8.97. The van der Waals surface area contributed by atoms with Crippen LogP contribution in [0.2, 0.25) is 0 Å². The molecular formula is C18H17BrN2O5Pt. The standard InChI is InChI=1S/C17H17N2O3.CO2.BrH.Pt/c1-5-20-15-10-18(3)16(22-15)13-7-6-8-14(9-13)17-19(4)12(2)11-21-17;2-1-3;;/h6-8,10-11H,3-5H2,1-2H3;;1H;/q-1;;;+2/p-1. The van der Waals surface area contributed by atoms with Gasteiger partial charge in [0.25, 0.3) is 17.7 Å². The number of oxazole rings is 2. The summed E-state index contributed by atoms with van der Waals surface area (Å²) >= 11 is 4.86. The number of ether oxygens (including phenoxy) is 1. The number of halogens is 1. The summed E-state index contributed by atoms with van der Waals surface area (Å²) in [5, 5.41) is 0. The Balaban J connectivity index is 0.000000665. The van der Waals surface area contributed by atoms with Crippen LogP contribution in [-0.4, -0.2) is 12.8 Å². The van der Waals surface area contributed by atoms with Crippen molar-refractivity contribution in [2.75, 3.05) is 6.61 Å². The molecule has 0 spiro atoms. The van der Waals surface area contributed by atoms with Gasteiger partial charge in [-0.3, -0.25) is 9.13 Å². The molecule has 0 N–H and O–H groups in total. The van der Waals surface area contributed by atoms with Gasteiger partial charge in [0.1, 0.15) is 5.69 Å². The fourth-order valence-electron chi connectivity index (χ4n) is 2.14. The smallest absolute Gasteiger partial charge is 0.298 e. The van der Waals surface area contributed by atoms with Crippen molar-refractivity contribution in [1.29, 1.82) is 0 Å². The first-order chi connectivity index (χ1) is 13.0. The predicted molar refractivity (Wildman–Crippen MR) is 92.4 cm³/mol. The summed E-state index contributed by atoms with van der Waals surface area (Å²) < 4.78 is 19.9. The first kappa shape index (κ1) is 22.8. The minimum atomic E-state index is 0.250. The maximum atomic E-state index is 8.12. The summed E-state index contributed by atoms with van der Waals surface area (Å²) in [6.45, 7) is 4.35. The Hall–Kier alpha value is -2.27. The van der Waals surface area contributed by atoms with E-state index in [2.05, 4.69) is 33.5 Å². The van der Waals surface area contributed by atoms with Gasteiger partial charge in [0.2, 0.25) is 0 Å². The van der Waals surface area contributed by atoms with Crippen LogP contribution in [0.15, 0.2) is 39.5 Å². The molecule has 3 rings (SSSR count). The van der Waals surface area contributed by atoms with E-state index >= 15 is 0 Å². The van der Waals surface area contributed by atoms with Crippen molar-refractivity contribution in [2.24, 2.45) is 0 Å². The molecule has 0 amide bonds. The van der Waals surface area contributed by atoms with Crippen molar-refractivity contribution in [3.05, 3.63) is 56.5 Å². The Morgan fingerprint density at radius 2 is 1.85 bits per heavy atom. The topological polar surface area (TPSA) is 77.4 Å². The molecule has 0 unspecified atom stereocenters. The molecule has 0 bridgehead atoms. The van der Waals surface area contributed by atoms with E-state index in [-0.39, 0.29) is 6.15 Å². The molecule has 0 saturated heterocycles. The third kappa shape index (κ3) is 5.86. The predicted octanol–water partition coefficient (Wildman–Crippen LogP) is 2.83. The van der Waals surface area contributed by atoms with Gasteiger partial charge in [0, 0.05) is 14.1 Å². The number of carbonyl (C=O) groups excluding carboxylic acids is 2. The maximum Gasteiger partial charge on any atom is 0.298 e. The zero-order valence-electron chi connectivity index (χ0n) is 14.6. The molecule has 0 saturated carbocycles. The van der Waals surface area contributed by atoms with E-state index in [0.29, 0.717) is 24.3 Å². The first-order valence-electron chi connectivity index (χ1n) is 7.46. The van der Waals surface area contributed by atoms with Crippen LogP contribution in [0.3, 0.4) is 0 Å². The second-order valence-corrected chi connectivity index (χ2v) is 4.93. The molecular weight excluding hydrogens is 599 g/mol. The number of hydrogen-bond donors (Lipinski definition) is 0. The Labute approximate surface area is 175 Å². The normalized spacial score (nSPS) is 9.37. The minimum Gasteiger partial charge on any atom is -0.478 e. The van der Waals surface area contributed by atoms with Gasteiger partial charge < -0.3 is 13.6 Å². The number of aromatic nitrogens is 2. The largest absolute Gasteiger partial charge is 0.478 e. The molecule has 0 aliphatic carbocycles. The summed E-state index contributed by atoms with van der Waals surface area (Å²) in [7, 11) is 7.85. The molecule has 27 heavy (non-hydrogen) atoms. The number of hydrogen-bond acceptors (Lipinski definition) is 5. The number of nitrogens with zero attached hydrogens (tertiary/aromatic N) is 2. The van der Waals surface area contributed by atoms with Crippen molar-refractivity contribution in [2.45, 2.75) is 13.8 Å². The van der Waals surface area contributed by atoms with Crippen LogP contribution in [0.4, 0.5) is 0 Å². The zero-order chi connectivity index (χ0) is 20.4. The molecule has 3 aromatic rings. The zero-order valence-corrected chi connectivity index (χ0v) is 18.5. The van der Waals surface area contributed by atoms with Crippen LogP contribution in [0.1, 0.15) is 12.6 Å². The molecule has 0 radical (unpaired) electrons. The Bertz CT molecular complexity index is 901. The second kappa shape index (κ2) is 11.4. The molecule has 0 aliphatic heterocycles. The molecule has 7 nitrogen and oxygen atoms in total. The SMILES string of the molecule is O=C=O.[Br][Pt+].[CH2-][n+]1cc(OCC)oc1-c1[c-]c(-c2occ(C)[n+]2[CH2-])ccc1. The quantitative estimate of drug-likeness (QED) is 0.333. The van der Waals surface area contributed by atoms with E-state index in [9.17, 15) is 0 Å². The van der Waals surface area contributed by atoms with Gasteiger partial charge in [-0.05, 0) is 25.0 Å². The summed E-state index contributed by atoms with van der Waals surface area (Å²) in [4.78, 5) is 16.2. The number of benzene rings is 1. The molecule has 0 fully saturated rings. The van der Waals surface area contributed by atoms with Gasteiger partial charge in [-0.1, -0.05) is 0 Å². The van der Waals surface area contributed by atoms with E-state index in [1.54, 1.807) is 21.6 Å². The summed E-state index contributed by atoms with van der Waals surface area (Å²) in [6.07, 6.45) is 3.60. The average Bonchev–Trinajstić information content (AvgIpc) is 3.20. The van der Waals surface area contributed by atoms with Gasteiger partial charge in [-0.2, -0.15) is 9.59 Å². The van der Waals surface area contributed by atoms with E-state index in [0.717, 1.165) is 16.8 Å². The number of aryl methyl sites for hydroxylation is 1. The van der Waals surface area contributed by atoms with Gasteiger partial charge in [-0.15, -0.1) is 24.3 Å². The Morgan fingerprint density at radius 3 is 2.37 bits per heavy atom. The number of rotatable bonds is 4. The van der Waals surface area contributed by atoms with Crippen LogP contribution >= 0.6 is 13.3 Å². The maximum absolute atomic E-state index is 8.12. The summed E-state index contributed by atoms with van der Waals surface area (Å²) in [5.74, 6) is 1.61. The van der Waals surface area contributed by atoms with Crippen LogP contribution in [0.5, 0.6) is 5.95 Å². The monoisotopic (exact) mass is 615 g/mol. The molecule has 1 aromatic carbocycles. The van der Waals surface area contributed by atoms with Gasteiger partial charge in [0.05, 0.1) is 12.9 Å². The minimum absolute atomic E-state index is 0.250. The fraction of sp³-hybridized carbons (Fsp3) is 0.167. The molecule has 0 atom stereocenters. The van der Waals surface area contributed by atoms with E-state index < -0.39 is 0 Å². The van der Waals surface area contributed by atoms with E-state index in [4.69, 9.17) is 23.2 Å². The third-order valence-corrected chi connectivity index (χ3v) is 3.27. The van der Waals surface area contributed by atoms with Crippen LogP contribution in [0.25, 0.3) is 22.9 Å². The van der Waals surface area contributed by atoms with Crippen molar-refractivity contribution < 1.29 is 50.1 Å². The summed E-state index contributed by atoms with van der Waals surface area (Å²) in [5.41, 5.74) is 2.47. The molecule has 2 heterocycles. The van der Waals surface area contributed by atoms with Crippen LogP contribution in [-0.2, 0) is 27.3 Å². The van der Waals surface area contributed by atoms with Gasteiger partial charge >= 0.3 is 37.2 Å². The molecule has 2 aromatic heterocycles. The molecule has 9 heteroatoms. The van der Waals surface area contributed by atoms with Crippen molar-refractivity contribution in [3.63, 3.8) is 0 Å². The third-order valence-electron chi connectivity index (χ3n) is 3.27. The van der Waals surface area contributed by atoms with Crippen molar-refractivity contribution in [3.8, 4) is 28.9 Å². The second-order valence-electron chi connectivity index (χ2n) is 4.93. The van der Waals surface area contributed by atoms with Gasteiger partial charge in [0.15, 0.2) is 6.20 Å². The Morgan fingerprint density at radius 1 is 1.26 bits per heavy atom. The molecule has 146 valence electrons. The fourth-order valence-corrected chi connectivity index (χ4v) is 2.14. The van der Waals surface area contributed by atoms with Crippen LogP contribution in [0, 0.1) is 27.1 Å². The van der Waals surface area contributed by atoms with Crippen molar-refractivity contribution in [1.82, 2.24) is 0 Å². The molecule has 0 aliphatic rings. The average molecular weight is 616 g/mol. The first-order valence-corrected chi connectivity index (χ1v) is 12.4. The van der Waals surface area contributed by atoms with E-state index in [1.165, 1.54) is 0 Å². The Kier molecular flexibility index (Phi) is 9.65. The van der Waals surface area contributed by atoms with Crippen LogP contribution < -0.4 is 13.9 Å². The van der Waals surface area contributed by atoms with Crippen molar-refractivity contribution >= 4 is 19.4 Å². The van der Waals surface area contributed by atoms with E-state index in [1.807, 2.05) is 49.8 Å².